The summed E-state index contributed by atoms with van der Waals surface area (Å²) in [6.07, 6.45) is 5.56. The number of ether oxygens (including phenoxy) is 2. The van der Waals surface area contributed by atoms with E-state index in [-0.39, 0.29) is 29.2 Å². The number of carbonyl (C=O) groups is 1. The number of aliphatic imine (C=N–C) groups is 1. The molecular formula is C56H70F2N8O8S2. The zero-order chi connectivity index (χ0) is 55.8. The van der Waals surface area contributed by atoms with Crippen LogP contribution < -0.4 is 24.7 Å². The number of carbonyl (C=O) groups excluding carboxylic acids is 2. The van der Waals surface area contributed by atoms with Crippen molar-refractivity contribution in [2.75, 3.05) is 57.2 Å². The summed E-state index contributed by atoms with van der Waals surface area (Å²) in [7, 11) is -4.26. The summed E-state index contributed by atoms with van der Waals surface area (Å²) in [4.78, 5) is 39.8. The number of nitrogens with one attached hydrogen (secondary N) is 2. The number of isocyanates is 1. The molecule has 0 saturated carbocycles. The lowest BCUT2D eigenvalue weighted by atomic mass is 9.94. The molecule has 2 amide bonds. The molecule has 0 radical (unpaired) electrons. The Bertz CT molecular complexity index is 3070. The van der Waals surface area contributed by atoms with Gasteiger partial charge < -0.3 is 14.8 Å². The summed E-state index contributed by atoms with van der Waals surface area (Å²) in [5.41, 5.74) is 6.47. The third-order valence-electron chi connectivity index (χ3n) is 11.8. The van der Waals surface area contributed by atoms with Gasteiger partial charge in [-0.15, -0.1) is 0 Å². The molecule has 0 atom stereocenters. The Labute approximate surface area is 446 Å². The number of nitrogens with two attached hydrogens (primary N) is 1. The van der Waals surface area contributed by atoms with E-state index < -0.39 is 31.9 Å². The van der Waals surface area contributed by atoms with Crippen LogP contribution in [0.25, 0.3) is 22.3 Å². The Morgan fingerprint density at radius 1 is 0.684 bits per heavy atom. The number of urea groups is 1. The van der Waals surface area contributed by atoms with Gasteiger partial charge in [-0.1, -0.05) is 102 Å². The number of halogens is 2. The van der Waals surface area contributed by atoms with Crippen LogP contribution in [0.15, 0.2) is 127 Å². The van der Waals surface area contributed by atoms with E-state index in [0.717, 1.165) is 38.3 Å². The van der Waals surface area contributed by atoms with E-state index in [0.29, 0.717) is 75.9 Å². The first-order valence-electron chi connectivity index (χ1n) is 24.8. The third kappa shape index (κ3) is 20.7. The molecule has 4 aromatic carbocycles. The van der Waals surface area contributed by atoms with Gasteiger partial charge in [-0.05, 0) is 121 Å². The highest BCUT2D eigenvalue weighted by Crippen LogP contribution is 2.39. The first-order chi connectivity index (χ1) is 36.2. The van der Waals surface area contributed by atoms with Crippen molar-refractivity contribution in [2.24, 2.45) is 10.1 Å². The molecule has 408 valence electrons. The molecule has 0 unspecified atom stereocenters. The zero-order valence-electron chi connectivity index (χ0n) is 44.4. The summed E-state index contributed by atoms with van der Waals surface area (Å²) in [6, 6.07) is 31.2. The number of hydrogen-bond acceptors (Lipinski definition) is 13. The Kier molecular flexibility index (Phi) is 24.8. The van der Waals surface area contributed by atoms with Crippen LogP contribution in [0.4, 0.5) is 25.0 Å². The summed E-state index contributed by atoms with van der Waals surface area (Å²) in [5.74, 6) is -0.407. The molecule has 0 bridgehead atoms. The van der Waals surface area contributed by atoms with Crippen molar-refractivity contribution >= 4 is 43.5 Å². The van der Waals surface area contributed by atoms with Crippen molar-refractivity contribution < 1.29 is 44.7 Å². The van der Waals surface area contributed by atoms with Gasteiger partial charge in [-0.2, -0.15) is 4.99 Å². The number of aromatic nitrogens is 2. The quantitative estimate of drug-likeness (QED) is 0.0404. The number of anilines is 1. The van der Waals surface area contributed by atoms with Crippen LogP contribution in [0.5, 0.6) is 11.8 Å². The van der Waals surface area contributed by atoms with Crippen LogP contribution in [0.3, 0.4) is 0 Å². The lowest BCUT2D eigenvalue weighted by Crippen LogP contribution is -2.37. The number of nitrogens with zero attached hydrogens (tertiary/aromatic N) is 5. The Balaban J connectivity index is 0.000000275. The molecule has 0 fully saturated rings. The average Bonchev–Trinajstić information content (AvgIpc) is 3.39. The zero-order valence-corrected chi connectivity index (χ0v) is 46.1. The summed E-state index contributed by atoms with van der Waals surface area (Å²) < 4.78 is 87.8. The number of methoxy groups -OCH3 is 2. The minimum Gasteiger partial charge on any atom is -0.481 e. The second-order valence-corrected chi connectivity index (χ2v) is 21.7. The SMILES string of the molecule is CCN(CCCS(=O)(=O)NC(=O)Nc1c(-c2ccnc(OC)c2)cc(F)cc1C(C)C)Cc1ccccc1.CCN(CCCS(N)(=O)=O)Cc1ccccc1.COc1cc(-c2cc(F)cc(C(C)C)c2N=C=O)ccn1. The maximum atomic E-state index is 14.5. The first kappa shape index (κ1) is 61.6. The molecule has 0 saturated heterocycles. The largest absolute Gasteiger partial charge is 0.481 e. The van der Waals surface area contributed by atoms with Gasteiger partial charge in [0.05, 0.1) is 37.1 Å². The number of amides is 2. The molecule has 0 aliphatic carbocycles. The number of benzene rings is 4. The van der Waals surface area contributed by atoms with E-state index in [1.54, 1.807) is 36.5 Å². The van der Waals surface area contributed by atoms with Gasteiger partial charge in [0.25, 0.3) is 0 Å². The molecule has 16 nitrogen and oxygen atoms in total. The second-order valence-electron chi connectivity index (χ2n) is 18.2. The van der Waals surface area contributed by atoms with Crippen LogP contribution in [-0.2, 0) is 37.9 Å². The predicted octanol–water partition coefficient (Wildman–Crippen LogP) is 10.6. The third-order valence-corrected chi connectivity index (χ3v) is 14.0. The molecule has 4 N–H and O–H groups in total. The summed E-state index contributed by atoms with van der Waals surface area (Å²) >= 11 is 0. The maximum Gasteiger partial charge on any atom is 0.332 e. The Morgan fingerprint density at radius 3 is 1.59 bits per heavy atom. The number of sulfonamides is 2. The fourth-order valence-corrected chi connectivity index (χ4v) is 9.43. The van der Waals surface area contributed by atoms with Crippen molar-refractivity contribution in [1.82, 2.24) is 24.5 Å². The first-order valence-corrected chi connectivity index (χ1v) is 28.2. The van der Waals surface area contributed by atoms with E-state index in [2.05, 4.69) is 53.9 Å². The molecule has 2 aromatic heterocycles. The Morgan fingerprint density at radius 2 is 1.14 bits per heavy atom. The highest BCUT2D eigenvalue weighted by molar-refractivity contribution is 7.90. The van der Waals surface area contributed by atoms with Crippen molar-refractivity contribution in [3.8, 4) is 34.0 Å². The van der Waals surface area contributed by atoms with E-state index in [1.807, 2.05) is 83.1 Å². The molecular weight excluding hydrogens is 1010 g/mol. The normalized spacial score (nSPS) is 11.3. The Hall–Kier alpha value is -6.93. The van der Waals surface area contributed by atoms with Crippen LogP contribution >= 0.6 is 0 Å². The highest BCUT2D eigenvalue weighted by atomic mass is 32.2. The monoisotopic (exact) mass is 1080 g/mol. The van der Waals surface area contributed by atoms with E-state index >= 15 is 0 Å². The van der Waals surface area contributed by atoms with Crippen LogP contribution in [0.1, 0.15) is 88.5 Å². The van der Waals surface area contributed by atoms with Crippen molar-refractivity contribution in [3.05, 3.63) is 155 Å². The molecule has 6 aromatic rings. The number of primary sulfonamides is 1. The van der Waals surface area contributed by atoms with E-state index in [4.69, 9.17) is 14.6 Å². The standard InChI is InChI=1S/C28H35FN4O4S.C16H15FN2O2.C12H20N2O2S/c1-5-33(19-21-10-7-6-8-11-21)14-9-15-38(35,36)32-28(34)31-27-24(20(2)3)17-23(29)18-25(27)22-12-13-30-26(16-22)37-4;1-10(2)13-7-12(17)8-14(16(13)19-9-20)11-4-5-18-15(6-11)21-3;1-2-14(9-6-10-17(13,15)16)11-12-7-4-3-5-8-12/h6-8,10-13,16-18,20H,5,9,14-15,19H2,1-4H3,(H2,31,32,34);4-8,10H,1-3H3;3-5,7-8H,2,6,9-11H2,1H3,(H2,13,15,16). The van der Waals surface area contributed by atoms with Gasteiger partial charge in [0.2, 0.25) is 37.9 Å². The van der Waals surface area contributed by atoms with Crippen molar-refractivity contribution in [2.45, 2.75) is 79.3 Å². The van der Waals surface area contributed by atoms with Crippen molar-refractivity contribution in [3.63, 3.8) is 0 Å². The molecule has 6 rings (SSSR count). The van der Waals surface area contributed by atoms with Crippen LogP contribution in [0.2, 0.25) is 0 Å². The number of hydrogen-bond donors (Lipinski definition) is 3. The number of pyridine rings is 2. The summed E-state index contributed by atoms with van der Waals surface area (Å²) in [6.45, 7) is 16.2. The summed E-state index contributed by atoms with van der Waals surface area (Å²) in [5, 5.41) is 7.62. The van der Waals surface area contributed by atoms with Gasteiger partial charge in [0.15, 0.2) is 0 Å². The number of rotatable bonds is 23. The maximum absolute atomic E-state index is 14.5. The molecule has 2 heterocycles. The highest BCUT2D eigenvalue weighted by Gasteiger charge is 2.22. The smallest absolute Gasteiger partial charge is 0.332 e. The van der Waals surface area contributed by atoms with Gasteiger partial charge in [-0.25, -0.2) is 55.0 Å². The van der Waals surface area contributed by atoms with Gasteiger partial charge in [0, 0.05) is 48.7 Å². The topological polar surface area (TPSA) is 216 Å². The van der Waals surface area contributed by atoms with E-state index in [9.17, 15) is 35.2 Å². The molecule has 0 spiro atoms. The van der Waals surface area contributed by atoms with Crippen LogP contribution in [-0.4, -0.2) is 101 Å². The molecule has 76 heavy (non-hydrogen) atoms. The van der Waals surface area contributed by atoms with Crippen molar-refractivity contribution in [1.29, 1.82) is 0 Å². The lowest BCUT2D eigenvalue weighted by Gasteiger charge is -2.21. The predicted molar refractivity (Wildman–Crippen MR) is 296 cm³/mol. The molecule has 0 aliphatic rings. The minimum atomic E-state index is -3.90. The fourth-order valence-electron chi connectivity index (χ4n) is 7.96. The molecule has 20 heteroatoms. The van der Waals surface area contributed by atoms with Gasteiger partial charge >= 0.3 is 6.03 Å². The molecule has 0 aliphatic heterocycles. The average molecular weight is 1090 g/mol. The van der Waals surface area contributed by atoms with Crippen LogP contribution in [0, 0.1) is 11.6 Å². The second kappa shape index (κ2) is 30.6. The minimum absolute atomic E-state index is 0.0234. The fraction of sp³-hybridized carbons (Fsp3) is 0.357. The lowest BCUT2D eigenvalue weighted by molar-refractivity contribution is 0.256. The van der Waals surface area contributed by atoms with Gasteiger partial charge in [-0.3, -0.25) is 9.80 Å². The van der Waals surface area contributed by atoms with E-state index in [1.165, 1.54) is 50.2 Å². The van der Waals surface area contributed by atoms with Gasteiger partial charge in [0.1, 0.15) is 11.6 Å².